The highest BCUT2D eigenvalue weighted by Gasteiger charge is 2.61. The van der Waals surface area contributed by atoms with Gasteiger partial charge in [0.25, 0.3) is 5.91 Å². The maximum Gasteiger partial charge on any atom is 0.341 e. The highest BCUT2D eigenvalue weighted by Crippen LogP contribution is 2.50. The summed E-state index contributed by atoms with van der Waals surface area (Å²) < 4.78 is 5.08. The third-order valence-corrected chi connectivity index (χ3v) is 8.63. The van der Waals surface area contributed by atoms with Crippen LogP contribution >= 0.6 is 11.3 Å². The number of hydrogen-bond donors (Lipinski definition) is 0. The second-order valence-electron chi connectivity index (χ2n) is 9.41. The molecular formula is C28H26N2O5S. The molecule has 6 rings (SSSR count). The molecule has 2 fully saturated rings. The van der Waals surface area contributed by atoms with Crippen LogP contribution in [0.5, 0.6) is 0 Å². The zero-order valence-corrected chi connectivity index (χ0v) is 20.9. The number of aryl methyl sites for hydroxylation is 2. The molecule has 36 heavy (non-hydrogen) atoms. The first kappa shape index (κ1) is 22.9. The largest absolute Gasteiger partial charge is 0.465 e. The van der Waals surface area contributed by atoms with Crippen LogP contribution in [0, 0.1) is 12.8 Å². The van der Waals surface area contributed by atoms with Crippen molar-refractivity contribution < 1.29 is 24.0 Å². The van der Waals surface area contributed by atoms with Crippen LogP contribution in [0.1, 0.15) is 50.8 Å². The number of methoxy groups -OCH3 is 1. The number of ether oxygens (including phenoxy) is 1. The Bertz CT molecular complexity index is 1370. The van der Waals surface area contributed by atoms with Crippen LogP contribution < -0.4 is 9.96 Å². The molecule has 184 valence electrons. The van der Waals surface area contributed by atoms with E-state index in [4.69, 9.17) is 9.57 Å². The number of amides is 2. The average molecular weight is 503 g/mol. The maximum atomic E-state index is 14.1. The van der Waals surface area contributed by atoms with Gasteiger partial charge in [-0.15, -0.1) is 11.3 Å². The molecule has 0 N–H and O–H groups in total. The predicted molar refractivity (Wildman–Crippen MR) is 136 cm³/mol. The van der Waals surface area contributed by atoms with Gasteiger partial charge >= 0.3 is 5.97 Å². The molecule has 1 aliphatic carbocycles. The van der Waals surface area contributed by atoms with E-state index < -0.39 is 29.9 Å². The number of imide groups is 1. The van der Waals surface area contributed by atoms with Crippen molar-refractivity contribution in [1.82, 2.24) is 0 Å². The second-order valence-corrected chi connectivity index (χ2v) is 10.5. The molecule has 2 aliphatic heterocycles. The number of carbonyl (C=O) groups is 3. The van der Waals surface area contributed by atoms with Crippen LogP contribution in [-0.2, 0) is 32.0 Å². The van der Waals surface area contributed by atoms with Crippen molar-refractivity contribution in [2.24, 2.45) is 5.92 Å². The first-order valence-electron chi connectivity index (χ1n) is 12.2. The van der Waals surface area contributed by atoms with Gasteiger partial charge in [-0.1, -0.05) is 48.5 Å². The van der Waals surface area contributed by atoms with Gasteiger partial charge in [0, 0.05) is 4.88 Å². The lowest BCUT2D eigenvalue weighted by Gasteiger charge is -2.29. The molecule has 0 bridgehead atoms. The molecule has 3 heterocycles. The van der Waals surface area contributed by atoms with E-state index >= 15 is 0 Å². The van der Waals surface area contributed by atoms with Crippen molar-refractivity contribution >= 4 is 39.8 Å². The summed E-state index contributed by atoms with van der Waals surface area (Å²) in [6.07, 6.45) is 2.57. The van der Waals surface area contributed by atoms with E-state index in [1.165, 1.54) is 23.3 Å². The zero-order chi connectivity index (χ0) is 25.0. The molecule has 0 saturated carbocycles. The number of thiophene rings is 1. The van der Waals surface area contributed by atoms with Crippen LogP contribution in [0.25, 0.3) is 0 Å². The Balaban J connectivity index is 1.46. The summed E-state index contributed by atoms with van der Waals surface area (Å²) in [4.78, 5) is 49.3. The zero-order valence-electron chi connectivity index (χ0n) is 20.1. The number of anilines is 2. The van der Waals surface area contributed by atoms with Crippen LogP contribution in [-0.4, -0.2) is 31.0 Å². The molecule has 1 aromatic heterocycles. The van der Waals surface area contributed by atoms with Crippen molar-refractivity contribution in [2.75, 3.05) is 17.1 Å². The minimum atomic E-state index is -0.980. The fraction of sp³-hybridized carbons (Fsp3) is 0.321. The Morgan fingerprint density at radius 1 is 1.00 bits per heavy atom. The number of carbonyl (C=O) groups excluding carboxylic acids is 3. The van der Waals surface area contributed by atoms with Crippen LogP contribution in [0.2, 0.25) is 0 Å². The van der Waals surface area contributed by atoms with Crippen LogP contribution in [0.4, 0.5) is 10.7 Å². The van der Waals surface area contributed by atoms with Crippen molar-refractivity contribution in [3.05, 3.63) is 81.7 Å². The SMILES string of the molecule is COC(=O)c1c(N2C(=O)[C@H]3[C@@H](c4ccccc4)N(c4ccccc4C)O[C@H]3C2=O)sc2c1CCCC2. The van der Waals surface area contributed by atoms with Gasteiger partial charge in [-0.3, -0.25) is 14.4 Å². The van der Waals surface area contributed by atoms with Gasteiger partial charge in [-0.05, 0) is 55.4 Å². The molecule has 2 saturated heterocycles. The molecule has 3 aliphatic rings. The van der Waals surface area contributed by atoms with Crippen molar-refractivity contribution in [2.45, 2.75) is 44.8 Å². The average Bonchev–Trinajstić information content (AvgIpc) is 3.54. The lowest BCUT2D eigenvalue weighted by atomic mass is 9.90. The van der Waals surface area contributed by atoms with E-state index in [0.29, 0.717) is 10.6 Å². The van der Waals surface area contributed by atoms with E-state index in [2.05, 4.69) is 0 Å². The van der Waals surface area contributed by atoms with Crippen LogP contribution in [0.15, 0.2) is 54.6 Å². The van der Waals surface area contributed by atoms with Gasteiger partial charge in [-0.25, -0.2) is 14.8 Å². The van der Waals surface area contributed by atoms with Gasteiger partial charge in [0.05, 0.1) is 24.4 Å². The Hall–Kier alpha value is -3.49. The van der Waals surface area contributed by atoms with Gasteiger partial charge in [0.1, 0.15) is 10.9 Å². The normalized spacial score (nSPS) is 23.1. The quantitative estimate of drug-likeness (QED) is 0.378. The lowest BCUT2D eigenvalue weighted by Crippen LogP contribution is -2.38. The molecule has 3 aromatic rings. The Morgan fingerprint density at radius 2 is 1.72 bits per heavy atom. The number of hydroxylamine groups is 1. The Labute approximate surface area is 213 Å². The minimum absolute atomic E-state index is 0.348. The lowest BCUT2D eigenvalue weighted by molar-refractivity contribution is -0.126. The summed E-state index contributed by atoms with van der Waals surface area (Å²) in [5.74, 6) is -2.04. The summed E-state index contributed by atoms with van der Waals surface area (Å²) in [6, 6.07) is 16.9. The first-order chi connectivity index (χ1) is 17.5. The molecule has 2 amide bonds. The molecule has 0 unspecified atom stereocenters. The highest BCUT2D eigenvalue weighted by molar-refractivity contribution is 7.17. The summed E-state index contributed by atoms with van der Waals surface area (Å²) in [5, 5.41) is 2.09. The molecule has 0 spiro atoms. The fourth-order valence-electron chi connectivity index (χ4n) is 5.65. The Morgan fingerprint density at radius 3 is 2.47 bits per heavy atom. The highest BCUT2D eigenvalue weighted by atomic mass is 32.1. The summed E-state index contributed by atoms with van der Waals surface area (Å²) in [6.45, 7) is 1.98. The third-order valence-electron chi connectivity index (χ3n) is 7.35. The third kappa shape index (κ3) is 3.39. The van der Waals surface area contributed by atoms with Gasteiger partial charge in [-0.2, -0.15) is 0 Å². The van der Waals surface area contributed by atoms with Gasteiger partial charge in [0.2, 0.25) is 5.91 Å². The van der Waals surface area contributed by atoms with E-state index in [1.807, 2.05) is 61.5 Å². The number of rotatable bonds is 4. The molecule has 0 radical (unpaired) electrons. The van der Waals surface area contributed by atoms with Crippen molar-refractivity contribution in [3.8, 4) is 0 Å². The van der Waals surface area contributed by atoms with Gasteiger partial charge in [0.15, 0.2) is 6.10 Å². The molecule has 7 nitrogen and oxygen atoms in total. The van der Waals surface area contributed by atoms with Crippen molar-refractivity contribution in [1.29, 1.82) is 0 Å². The van der Waals surface area contributed by atoms with E-state index in [1.54, 1.807) is 5.06 Å². The molecule has 8 heteroatoms. The smallest absolute Gasteiger partial charge is 0.341 e. The summed E-state index contributed by atoms with van der Waals surface area (Å²) in [7, 11) is 1.33. The minimum Gasteiger partial charge on any atom is -0.465 e. The molecule has 2 aromatic carbocycles. The second kappa shape index (κ2) is 8.87. The number of fused-ring (bicyclic) bond motifs is 2. The predicted octanol–water partition coefficient (Wildman–Crippen LogP) is 4.77. The monoisotopic (exact) mass is 502 g/mol. The maximum absolute atomic E-state index is 14.1. The first-order valence-corrected chi connectivity index (χ1v) is 13.0. The van der Waals surface area contributed by atoms with Crippen molar-refractivity contribution in [3.63, 3.8) is 0 Å². The standard InChI is InChI=1S/C28H26N2O5S/c1-16-10-6-8-14-19(16)30-23(17-11-4-3-5-12-17)22-24(35-30)26(32)29(25(22)31)27-21(28(33)34-2)18-13-7-9-15-20(18)36-27/h3-6,8,10-12,14,22-24H,7,9,13,15H2,1-2H3/t22-,23+,24+/m0/s1. The Kier molecular flexibility index (Phi) is 5.65. The van der Waals surface area contributed by atoms with E-state index in [0.717, 1.165) is 52.9 Å². The number of nitrogens with zero attached hydrogens (tertiary/aromatic N) is 2. The molecular weight excluding hydrogens is 476 g/mol. The molecule has 3 atom stereocenters. The number of para-hydroxylation sites is 1. The number of esters is 1. The summed E-state index contributed by atoms with van der Waals surface area (Å²) >= 11 is 1.36. The fourth-order valence-corrected chi connectivity index (χ4v) is 7.03. The van der Waals surface area contributed by atoms with E-state index in [-0.39, 0.29) is 5.91 Å². The van der Waals surface area contributed by atoms with Gasteiger partial charge < -0.3 is 4.74 Å². The summed E-state index contributed by atoms with van der Waals surface area (Å²) in [5.41, 5.74) is 3.94. The topological polar surface area (TPSA) is 76.2 Å². The van der Waals surface area contributed by atoms with E-state index in [9.17, 15) is 14.4 Å². The number of hydrogen-bond acceptors (Lipinski definition) is 7. The number of benzene rings is 2. The van der Waals surface area contributed by atoms with Crippen LogP contribution in [0.3, 0.4) is 0 Å².